The number of hydrogen-bond donors (Lipinski definition) is 9. The number of aryl methyl sites for hydroxylation is 3. The second kappa shape index (κ2) is 49.5. The van der Waals surface area contributed by atoms with Crippen LogP contribution in [0.1, 0.15) is 229 Å². The summed E-state index contributed by atoms with van der Waals surface area (Å²) in [6.07, 6.45) is 10.2. The molecule has 9 amide bonds. The van der Waals surface area contributed by atoms with Gasteiger partial charge in [-0.15, -0.1) is 0 Å². The van der Waals surface area contributed by atoms with Crippen LogP contribution in [0.3, 0.4) is 0 Å². The number of fused-ring (bicyclic) bond motifs is 15. The van der Waals surface area contributed by atoms with E-state index in [1.165, 1.54) is 36.4 Å². The summed E-state index contributed by atoms with van der Waals surface area (Å²) in [5, 5.41) is 44.0. The zero-order valence-corrected chi connectivity index (χ0v) is 95.8. The van der Waals surface area contributed by atoms with Crippen molar-refractivity contribution in [3.8, 4) is 0 Å². The molecular weight excluding hydrogens is 2030 g/mol. The minimum Gasteiger partial charge on any atom is -0.457 e. The normalized spacial score (nSPS) is 32.9. The van der Waals surface area contributed by atoms with E-state index in [2.05, 4.69) is 53.8 Å². The van der Waals surface area contributed by atoms with Gasteiger partial charge in [-0.1, -0.05) is 187 Å². The van der Waals surface area contributed by atoms with Gasteiger partial charge in [-0.05, 0) is 178 Å². The van der Waals surface area contributed by atoms with E-state index in [0.29, 0.717) is 70.0 Å². The van der Waals surface area contributed by atoms with Gasteiger partial charge in [0.1, 0.15) is 88.7 Å². The van der Waals surface area contributed by atoms with E-state index >= 15 is 0 Å². The number of esters is 3. The van der Waals surface area contributed by atoms with Crippen molar-refractivity contribution in [3.05, 3.63) is 156 Å². The smallest absolute Gasteiger partial charge is 0.409 e. The number of nitrogens with zero attached hydrogens (tertiary/aromatic N) is 6. The standard InChI is InChI=1S/C38H54ClN3O8S.C37H52ClN3O8S.C35H48ClN3O8S/c1-21-12-11-13-23(3)38(47)20-28(48-35(46)40-38)24(4)33-37(8,50-33)29(49-34(45)25(5)41(9)30(43)14-15-36(6,7)51)19-31(44)42(10)27-18-26(16-21)17-22(2)32(27)39;1-20-11-10-12-22(3)37(46)19-28(47-35(45)39-37)24(5)33-36(7,49-33)29(48-34(44)25(6)40(8)30(42)14-13-23(4)50)18-31(43)41(9)27-17-26(15-20)16-21(2)32(27)38;1-19-10-9-11-21(3)35(44)18-26(45-33(43)37-35)22(4)31-34(6,47-31)27(46-32(42)23(5)38(7)28(40)12-13-48)17-29(41)39(8)25-16-24(14-19)15-20(2)30(25)36/h11-13,17-18,23-25,28-29,33,47,51H,14-16,19-20H2,1-10H3,(H,40,46);10-12,16-17,22-25,28-29,33,46,50H,13-15,18-19H2,1-9H3,(H,39,45);9-11,15-16,21-23,26-27,31,44,48H,12-14,17-18H2,1-8H3,(H,37,43)/b13-11+,21-12+;12-10+,20-11+;11-9+,19-10+/t23-,24-,25+,28?,29+,33+,37+,38+;22-,23?,24-,25+,28?,29+,33+,36+,37+;21-,22-,23+,26?,27+,31+,34+,35+/m111/s1. The van der Waals surface area contributed by atoms with Crippen molar-refractivity contribution in [2.45, 2.75) is 352 Å². The Morgan fingerprint density at radius 1 is 0.463 bits per heavy atom. The lowest BCUT2D eigenvalue weighted by Crippen LogP contribution is -2.60. The summed E-state index contributed by atoms with van der Waals surface area (Å²) >= 11 is 33.2. The number of anilines is 3. The largest absolute Gasteiger partial charge is 0.457 e. The second-order valence-corrected chi connectivity index (χ2v) is 47.3. The fourth-order valence-corrected chi connectivity index (χ4v) is 21.0. The van der Waals surface area contributed by atoms with Crippen molar-refractivity contribution in [2.24, 2.45) is 35.5 Å². The van der Waals surface area contributed by atoms with Gasteiger partial charge < -0.3 is 87.4 Å². The van der Waals surface area contributed by atoms with Gasteiger partial charge in [0.2, 0.25) is 35.4 Å². The average molecular weight is 2190 g/mol. The zero-order valence-electron chi connectivity index (χ0n) is 90.8. The van der Waals surface area contributed by atoms with E-state index in [1.807, 2.05) is 195 Å². The maximum Gasteiger partial charge on any atom is 0.409 e. The van der Waals surface area contributed by atoms with Gasteiger partial charge in [-0.2, -0.15) is 37.9 Å². The third-order valence-corrected chi connectivity index (χ3v) is 33.2. The predicted octanol–water partition coefficient (Wildman–Crippen LogP) is 16.2. The zero-order chi connectivity index (χ0) is 111. The van der Waals surface area contributed by atoms with Crippen LogP contribution >= 0.6 is 72.7 Å². The van der Waals surface area contributed by atoms with Crippen LogP contribution in [-0.2, 0) is 105 Å². The van der Waals surface area contributed by atoms with Gasteiger partial charge in [0.25, 0.3) is 0 Å². The Morgan fingerprint density at radius 2 is 0.725 bits per heavy atom. The van der Waals surface area contributed by atoms with E-state index < -0.39 is 179 Å². The monoisotopic (exact) mass is 2190 g/mol. The Labute approximate surface area is 908 Å². The number of benzene rings is 3. The topological polar surface area (TPSA) is 414 Å². The molecule has 0 aliphatic carbocycles. The number of aliphatic hydroxyl groups is 3. The predicted molar refractivity (Wildman–Crippen MR) is 581 cm³/mol. The Morgan fingerprint density at radius 3 is 0.980 bits per heavy atom. The number of nitrogens with one attached hydrogen (secondary N) is 3. The highest BCUT2D eigenvalue weighted by Gasteiger charge is 2.68. The number of likely N-dealkylation sites (N-methyl/N-ethyl adjacent to an activating group) is 3. The van der Waals surface area contributed by atoms with Gasteiger partial charge in [-0.25, -0.2) is 28.8 Å². The minimum atomic E-state index is -1.60. The maximum atomic E-state index is 14.1. The van der Waals surface area contributed by atoms with Gasteiger partial charge in [0.05, 0.1) is 69.7 Å². The summed E-state index contributed by atoms with van der Waals surface area (Å²) < 4.78 is 53.6. The number of rotatable bonds is 17. The van der Waals surface area contributed by atoms with Crippen LogP contribution in [0.15, 0.2) is 108 Å². The molecule has 12 rings (SSSR count). The molecule has 0 saturated carbocycles. The highest BCUT2D eigenvalue weighted by molar-refractivity contribution is 7.81. The second-order valence-electron chi connectivity index (χ2n) is 43.6. The van der Waals surface area contributed by atoms with Gasteiger partial charge >= 0.3 is 36.2 Å². The summed E-state index contributed by atoms with van der Waals surface area (Å²) in [6, 6.07) is 8.70. The first-order valence-corrected chi connectivity index (χ1v) is 53.7. The lowest BCUT2D eigenvalue weighted by Gasteiger charge is -2.41. The summed E-state index contributed by atoms with van der Waals surface area (Å²) in [6.45, 7) is 38.2. The Balaban J connectivity index is 0.000000229. The Hall–Kier alpha value is -9.18. The molecule has 149 heavy (non-hydrogen) atoms. The molecule has 9 heterocycles. The van der Waals surface area contributed by atoms with E-state index in [9.17, 15) is 72.9 Å². The van der Waals surface area contributed by atoms with Crippen molar-refractivity contribution in [2.75, 3.05) is 62.7 Å². The molecule has 33 nitrogen and oxygen atoms in total. The number of epoxide rings is 3. The van der Waals surface area contributed by atoms with Crippen molar-refractivity contribution in [1.29, 1.82) is 0 Å². The first kappa shape index (κ1) is 122. The maximum absolute atomic E-state index is 14.1. The molecule has 6 N–H and O–H groups in total. The van der Waals surface area contributed by atoms with Gasteiger partial charge in [0, 0.05) is 121 Å². The Kier molecular flexibility index (Phi) is 40.4. The first-order chi connectivity index (χ1) is 69.2. The lowest BCUT2D eigenvalue weighted by molar-refractivity contribution is -0.162. The number of alkyl carbamates (subject to hydrolysis) is 3. The number of carbonyl (C=O) groups is 12. The van der Waals surface area contributed by atoms with Crippen molar-refractivity contribution in [1.82, 2.24) is 30.7 Å². The van der Waals surface area contributed by atoms with Crippen LogP contribution in [0, 0.1) is 56.3 Å². The summed E-state index contributed by atoms with van der Waals surface area (Å²) in [5.41, 5.74) is 1.61. The van der Waals surface area contributed by atoms with Crippen molar-refractivity contribution in [3.63, 3.8) is 0 Å². The minimum absolute atomic E-state index is 0.0218. The molecule has 0 aromatic heterocycles. The molecule has 0 radical (unpaired) electrons. The average Bonchev–Trinajstić information content (AvgIpc) is 1.58. The number of allylic oxidation sites excluding steroid dienone is 9. The third kappa shape index (κ3) is 29.7. The summed E-state index contributed by atoms with van der Waals surface area (Å²) in [5.74, 6) is -6.38. The molecule has 3 aromatic carbocycles. The SMILES string of the molecule is C/C1=C\C=C\[C@@H](C)[C@@]2(O)CC(OC(=O)N2)[C@@H](C)[C@@H]2O[C@@]2(C)[C@@H](OC(=O)[C@H](C)N(C)C(=O)CCC(C)(C)S)CC(=O)N(C)c2cc(cc(C)c2Cl)C1.C/C1=C\C=C\[C@@H](C)[C@@]2(O)CC(OC(=O)N2)[C@@H](C)[C@@H]2O[C@@]2(C)[C@@H](OC(=O)[C@H](C)N(C)C(=O)CCC(C)S)CC(=O)N(C)c2cc(cc(C)c2Cl)C1.C/C1=C\C=C\[C@@H](C)[C@@]2(O)CC(OC(=O)N2)[C@@H](C)[C@@H]2O[C@@]2(C)[C@@H](OC(=O)[C@H](C)N(C)C(=O)CCS)CC(=O)N(C)c2cc(cc(C)c2Cl)C1. The van der Waals surface area contributed by atoms with Crippen LogP contribution in [0.25, 0.3) is 0 Å². The van der Waals surface area contributed by atoms with Crippen LogP contribution in [-0.4, -0.2) is 267 Å². The number of amides is 9. The molecule has 0 spiro atoms. The van der Waals surface area contributed by atoms with Crippen molar-refractivity contribution < 1.29 is 115 Å². The molecule has 39 heteroatoms. The van der Waals surface area contributed by atoms with Gasteiger partial charge in [0.15, 0.2) is 0 Å². The molecule has 9 aliphatic rings. The summed E-state index contributed by atoms with van der Waals surface area (Å²) in [4.78, 5) is 168. The van der Waals surface area contributed by atoms with E-state index in [4.69, 9.17) is 77.4 Å². The Bertz CT molecular complexity index is 5720. The fraction of sp³-hybridized carbons (Fsp3) is 0.618. The molecular formula is C110H154Cl3N9O24S3. The molecule has 4 unspecified atom stereocenters. The number of ether oxygens (including phenoxy) is 9. The van der Waals surface area contributed by atoms with E-state index in [-0.39, 0.29) is 103 Å². The number of hydrogen-bond acceptors (Lipinski definition) is 27. The lowest BCUT2D eigenvalue weighted by atomic mass is 9.82. The number of carbonyl (C=O) groups excluding carboxylic acids is 12. The highest BCUT2D eigenvalue weighted by Crippen LogP contribution is 2.54. The number of halogens is 3. The van der Waals surface area contributed by atoms with E-state index in [0.717, 1.165) is 50.1 Å². The van der Waals surface area contributed by atoms with E-state index in [1.54, 1.807) is 76.8 Å². The molecule has 3 aromatic rings. The fourth-order valence-electron chi connectivity index (χ4n) is 19.8. The molecule has 822 valence electrons. The third-order valence-electron chi connectivity index (χ3n) is 31.0. The molecule has 6 saturated heterocycles. The quantitative estimate of drug-likeness (QED) is 0.0262. The molecule has 25 atom stereocenters. The van der Waals surface area contributed by atoms with Crippen LogP contribution < -0.4 is 30.7 Å². The number of thiol groups is 3. The highest BCUT2D eigenvalue weighted by atomic mass is 35.5. The molecule has 12 bridgehead atoms. The van der Waals surface area contributed by atoms with Crippen LogP contribution in [0.2, 0.25) is 15.1 Å². The van der Waals surface area contributed by atoms with Crippen molar-refractivity contribution >= 4 is 161 Å². The van der Waals surface area contributed by atoms with Crippen LogP contribution in [0.5, 0.6) is 0 Å². The molecule has 9 aliphatic heterocycles. The summed E-state index contributed by atoms with van der Waals surface area (Å²) in [7, 11) is 9.48. The first-order valence-electron chi connectivity index (χ1n) is 51.0. The molecule has 6 fully saturated rings. The van der Waals surface area contributed by atoms with Gasteiger partial charge in [-0.3, -0.25) is 44.7 Å². The van der Waals surface area contributed by atoms with Crippen LogP contribution in [0.4, 0.5) is 31.4 Å².